The summed E-state index contributed by atoms with van der Waals surface area (Å²) in [7, 11) is 0. The van der Waals surface area contributed by atoms with Crippen molar-refractivity contribution in [1.82, 2.24) is 4.90 Å². The van der Waals surface area contributed by atoms with Crippen LogP contribution in [0.4, 0.5) is 0 Å². The molecule has 0 radical (unpaired) electrons. The van der Waals surface area contributed by atoms with E-state index in [1.807, 2.05) is 37.3 Å². The zero-order chi connectivity index (χ0) is 21.7. The van der Waals surface area contributed by atoms with Crippen molar-refractivity contribution in [1.29, 1.82) is 5.26 Å². The van der Waals surface area contributed by atoms with Crippen LogP contribution in [0.3, 0.4) is 0 Å². The van der Waals surface area contributed by atoms with Gasteiger partial charge in [-0.2, -0.15) is 5.26 Å². The fourth-order valence-electron chi connectivity index (χ4n) is 4.53. The third kappa shape index (κ3) is 4.11. The molecule has 160 valence electrons. The normalized spacial score (nSPS) is 29.0. The molecule has 2 saturated heterocycles. The fourth-order valence-corrected chi connectivity index (χ4v) is 4.53. The highest BCUT2D eigenvalue weighted by Gasteiger charge is 2.55. The molecule has 0 bridgehead atoms. The summed E-state index contributed by atoms with van der Waals surface area (Å²) < 4.78 is 16.3. The number of rotatable bonds is 6. The van der Waals surface area contributed by atoms with Gasteiger partial charge < -0.3 is 14.2 Å². The molecule has 4 atom stereocenters. The van der Waals surface area contributed by atoms with Crippen molar-refractivity contribution >= 4 is 11.9 Å². The van der Waals surface area contributed by atoms with Crippen LogP contribution < -0.4 is 0 Å². The largest absolute Gasteiger partial charge is 0.463 e. The van der Waals surface area contributed by atoms with Gasteiger partial charge >= 0.3 is 11.9 Å². The average Bonchev–Trinajstić information content (AvgIpc) is 3.19. The Balaban J connectivity index is 2.02. The SMILES string of the molecule is CCOC(=O)C=C(C(=O)OCC)C1CCC2OC[C@@H](c3ccccc3)N2[C@]1(C)C#N. The summed E-state index contributed by atoms with van der Waals surface area (Å²) in [6, 6.07) is 12.2. The molecule has 0 aliphatic carbocycles. The van der Waals surface area contributed by atoms with Gasteiger partial charge in [0.05, 0.1) is 37.5 Å². The zero-order valence-electron chi connectivity index (χ0n) is 17.7. The Bertz CT molecular complexity index is 847. The van der Waals surface area contributed by atoms with Gasteiger partial charge in [0.1, 0.15) is 11.8 Å². The molecular formula is C23H28N2O5. The molecule has 0 saturated carbocycles. The highest BCUT2D eigenvalue weighted by molar-refractivity contribution is 5.97. The number of piperidine rings is 1. The van der Waals surface area contributed by atoms with Gasteiger partial charge in [0.2, 0.25) is 0 Å². The standard InChI is InChI=1S/C23H28N2O5/c1-4-28-21(26)13-17(22(27)29-5-2)18-11-12-20-25(23(18,3)15-24)19(14-30-20)16-9-7-6-8-10-16/h6-10,13,18-20H,4-5,11-12,14H2,1-3H3/t18?,19-,20?,23+/m0/s1. The van der Waals surface area contributed by atoms with Crippen molar-refractivity contribution in [2.75, 3.05) is 19.8 Å². The first-order valence-corrected chi connectivity index (χ1v) is 10.4. The second kappa shape index (κ2) is 9.41. The minimum Gasteiger partial charge on any atom is -0.463 e. The van der Waals surface area contributed by atoms with Crippen molar-refractivity contribution in [3.05, 3.63) is 47.5 Å². The van der Waals surface area contributed by atoms with Crippen LogP contribution in [0.2, 0.25) is 0 Å². The van der Waals surface area contributed by atoms with E-state index in [1.165, 1.54) is 6.08 Å². The van der Waals surface area contributed by atoms with Gasteiger partial charge in [0.25, 0.3) is 0 Å². The fraction of sp³-hybridized carbons (Fsp3) is 0.522. The lowest BCUT2D eigenvalue weighted by Crippen LogP contribution is -2.58. The molecule has 2 fully saturated rings. The molecule has 3 rings (SSSR count). The molecule has 1 aromatic carbocycles. The van der Waals surface area contributed by atoms with E-state index in [0.717, 1.165) is 5.56 Å². The first-order valence-electron chi connectivity index (χ1n) is 10.4. The van der Waals surface area contributed by atoms with Crippen molar-refractivity contribution in [3.63, 3.8) is 0 Å². The summed E-state index contributed by atoms with van der Waals surface area (Å²) in [4.78, 5) is 27.0. The van der Waals surface area contributed by atoms with Crippen LogP contribution in [0.1, 0.15) is 45.2 Å². The Kier molecular flexibility index (Phi) is 6.91. The number of benzene rings is 1. The summed E-state index contributed by atoms with van der Waals surface area (Å²) in [6.45, 7) is 6.06. The van der Waals surface area contributed by atoms with E-state index in [0.29, 0.717) is 19.4 Å². The number of nitriles is 1. The van der Waals surface area contributed by atoms with E-state index >= 15 is 0 Å². The van der Waals surface area contributed by atoms with Crippen LogP contribution in [0.25, 0.3) is 0 Å². The summed E-state index contributed by atoms with van der Waals surface area (Å²) in [6.07, 6.45) is 2.14. The highest BCUT2D eigenvalue weighted by Crippen LogP contribution is 2.48. The van der Waals surface area contributed by atoms with Crippen LogP contribution in [0.5, 0.6) is 0 Å². The molecule has 0 amide bonds. The summed E-state index contributed by atoms with van der Waals surface area (Å²) >= 11 is 0. The first kappa shape index (κ1) is 22.0. The molecule has 2 aliphatic heterocycles. The van der Waals surface area contributed by atoms with Gasteiger partial charge in [0.15, 0.2) is 0 Å². The minimum absolute atomic E-state index is 0.116. The van der Waals surface area contributed by atoms with Gasteiger partial charge in [-0.3, -0.25) is 0 Å². The molecule has 30 heavy (non-hydrogen) atoms. The maximum atomic E-state index is 12.8. The smallest absolute Gasteiger partial charge is 0.334 e. The number of hydrogen-bond acceptors (Lipinski definition) is 7. The van der Waals surface area contributed by atoms with Gasteiger partial charge in [-0.1, -0.05) is 30.3 Å². The van der Waals surface area contributed by atoms with Crippen LogP contribution >= 0.6 is 0 Å². The monoisotopic (exact) mass is 412 g/mol. The molecular weight excluding hydrogens is 384 g/mol. The second-order valence-corrected chi connectivity index (χ2v) is 7.58. The van der Waals surface area contributed by atoms with Crippen LogP contribution in [-0.4, -0.2) is 48.4 Å². The Morgan fingerprint density at radius 2 is 1.93 bits per heavy atom. The van der Waals surface area contributed by atoms with E-state index in [4.69, 9.17) is 14.2 Å². The Hall–Kier alpha value is -2.69. The molecule has 2 heterocycles. The number of esters is 2. The molecule has 7 heteroatoms. The molecule has 1 aromatic rings. The van der Waals surface area contributed by atoms with E-state index in [9.17, 15) is 14.9 Å². The topological polar surface area (TPSA) is 88.9 Å². The minimum atomic E-state index is -1.06. The number of nitrogens with zero attached hydrogens (tertiary/aromatic N) is 2. The summed E-state index contributed by atoms with van der Waals surface area (Å²) in [5.74, 6) is -1.72. The van der Waals surface area contributed by atoms with Crippen molar-refractivity contribution in [2.24, 2.45) is 5.92 Å². The van der Waals surface area contributed by atoms with Gasteiger partial charge in [-0.05, 0) is 39.2 Å². The Labute approximate surface area is 177 Å². The van der Waals surface area contributed by atoms with Crippen molar-refractivity contribution in [2.45, 2.75) is 51.4 Å². The number of carbonyl (C=O) groups excluding carboxylic acids is 2. The first-order chi connectivity index (χ1) is 14.5. The van der Waals surface area contributed by atoms with Crippen molar-refractivity contribution in [3.8, 4) is 6.07 Å². The molecule has 0 spiro atoms. The highest BCUT2D eigenvalue weighted by atomic mass is 16.5. The second-order valence-electron chi connectivity index (χ2n) is 7.58. The third-order valence-corrected chi connectivity index (χ3v) is 5.87. The number of fused-ring (bicyclic) bond motifs is 1. The molecule has 2 unspecified atom stereocenters. The quantitative estimate of drug-likeness (QED) is 0.524. The third-order valence-electron chi connectivity index (χ3n) is 5.87. The molecule has 0 aromatic heterocycles. The molecule has 0 N–H and O–H groups in total. The van der Waals surface area contributed by atoms with Gasteiger partial charge in [-0.25, -0.2) is 14.5 Å². The summed E-state index contributed by atoms with van der Waals surface area (Å²) in [5, 5.41) is 10.3. The average molecular weight is 412 g/mol. The van der Waals surface area contributed by atoms with Crippen LogP contribution in [-0.2, 0) is 23.8 Å². The van der Waals surface area contributed by atoms with Crippen LogP contribution in [0.15, 0.2) is 42.0 Å². The number of ether oxygens (including phenoxy) is 3. The predicted molar refractivity (Wildman–Crippen MR) is 109 cm³/mol. The van der Waals surface area contributed by atoms with E-state index in [-0.39, 0.29) is 31.1 Å². The van der Waals surface area contributed by atoms with Crippen LogP contribution in [0, 0.1) is 17.2 Å². The maximum Gasteiger partial charge on any atom is 0.334 e. The van der Waals surface area contributed by atoms with Gasteiger partial charge in [0, 0.05) is 12.0 Å². The lowest BCUT2D eigenvalue weighted by atomic mass is 9.72. The van der Waals surface area contributed by atoms with E-state index < -0.39 is 23.4 Å². The Morgan fingerprint density at radius 1 is 1.23 bits per heavy atom. The number of hydrogen-bond donors (Lipinski definition) is 0. The van der Waals surface area contributed by atoms with Gasteiger partial charge in [-0.15, -0.1) is 0 Å². The lowest BCUT2D eigenvalue weighted by molar-refractivity contribution is -0.143. The molecule has 2 aliphatic rings. The maximum absolute atomic E-state index is 12.8. The van der Waals surface area contributed by atoms with E-state index in [1.54, 1.807) is 13.8 Å². The number of carbonyl (C=O) groups is 2. The lowest BCUT2D eigenvalue weighted by Gasteiger charge is -2.48. The Morgan fingerprint density at radius 3 is 2.57 bits per heavy atom. The summed E-state index contributed by atoms with van der Waals surface area (Å²) in [5.41, 5.74) is 0.163. The predicted octanol–water partition coefficient (Wildman–Crippen LogP) is 3.13. The zero-order valence-corrected chi connectivity index (χ0v) is 17.7. The molecule has 7 nitrogen and oxygen atoms in total. The van der Waals surface area contributed by atoms with E-state index in [2.05, 4.69) is 11.0 Å². The van der Waals surface area contributed by atoms with Crippen molar-refractivity contribution < 1.29 is 23.8 Å².